The predicted molar refractivity (Wildman–Crippen MR) is 88.8 cm³/mol. The fraction of sp³-hybridized carbons (Fsp3) is 0.316. The average Bonchev–Trinajstić information content (AvgIpc) is 2.56. The van der Waals surface area contributed by atoms with E-state index in [-0.39, 0.29) is 17.7 Å². The second kappa shape index (κ2) is 8.55. The highest BCUT2D eigenvalue weighted by molar-refractivity contribution is 5.80. The van der Waals surface area contributed by atoms with Crippen molar-refractivity contribution in [3.63, 3.8) is 0 Å². The first-order valence-corrected chi connectivity index (χ1v) is 8.01. The first kappa shape index (κ1) is 18.8. The molecule has 0 aromatic heterocycles. The van der Waals surface area contributed by atoms with Crippen molar-refractivity contribution in [3.8, 4) is 5.75 Å². The number of aryl methyl sites for hydroxylation is 1. The van der Waals surface area contributed by atoms with Crippen LogP contribution in [0.3, 0.4) is 0 Å². The number of rotatable bonds is 7. The normalized spacial score (nSPS) is 13.2. The van der Waals surface area contributed by atoms with E-state index in [1.165, 1.54) is 24.3 Å². The number of nitrogens with one attached hydrogen (secondary N) is 1. The van der Waals surface area contributed by atoms with Crippen molar-refractivity contribution >= 4 is 5.91 Å². The molecule has 2 unspecified atom stereocenters. The number of hydrogen-bond acceptors (Lipinski definition) is 2. The van der Waals surface area contributed by atoms with E-state index in [1.54, 1.807) is 13.0 Å². The third kappa shape index (κ3) is 5.81. The van der Waals surface area contributed by atoms with Crippen LogP contribution in [0.25, 0.3) is 0 Å². The monoisotopic (exact) mass is 351 g/mol. The van der Waals surface area contributed by atoms with E-state index in [2.05, 4.69) is 5.32 Å². The summed E-state index contributed by atoms with van der Waals surface area (Å²) in [6.45, 7) is 3.38. The SMILES string of the molecule is CC(CCc1ccc(F)c(F)c1)NC(=O)C(C)Oc1cccc(F)c1. The van der Waals surface area contributed by atoms with Gasteiger partial charge in [0.15, 0.2) is 17.7 Å². The van der Waals surface area contributed by atoms with Crippen molar-refractivity contribution in [2.75, 3.05) is 0 Å². The van der Waals surface area contributed by atoms with Crippen LogP contribution in [0.1, 0.15) is 25.8 Å². The molecule has 2 aromatic rings. The average molecular weight is 351 g/mol. The molecule has 1 N–H and O–H groups in total. The van der Waals surface area contributed by atoms with Gasteiger partial charge in [-0.25, -0.2) is 13.2 Å². The fourth-order valence-electron chi connectivity index (χ4n) is 2.31. The van der Waals surface area contributed by atoms with Gasteiger partial charge in [0.05, 0.1) is 0 Å². The molecule has 0 bridgehead atoms. The summed E-state index contributed by atoms with van der Waals surface area (Å²) in [5.74, 6) is -2.26. The molecule has 25 heavy (non-hydrogen) atoms. The molecular weight excluding hydrogens is 331 g/mol. The minimum Gasteiger partial charge on any atom is -0.481 e. The van der Waals surface area contributed by atoms with Crippen LogP contribution >= 0.6 is 0 Å². The maximum absolute atomic E-state index is 13.2. The van der Waals surface area contributed by atoms with Gasteiger partial charge >= 0.3 is 0 Å². The molecule has 0 aliphatic heterocycles. The number of hydrogen-bond donors (Lipinski definition) is 1. The highest BCUT2D eigenvalue weighted by atomic mass is 19.2. The third-order valence-corrected chi connectivity index (χ3v) is 3.72. The molecule has 0 fully saturated rings. The number of ether oxygens (including phenoxy) is 1. The number of benzene rings is 2. The molecule has 0 saturated heterocycles. The van der Waals surface area contributed by atoms with E-state index in [0.717, 1.165) is 12.1 Å². The van der Waals surface area contributed by atoms with Crippen LogP contribution in [0.15, 0.2) is 42.5 Å². The summed E-state index contributed by atoms with van der Waals surface area (Å²) in [6.07, 6.45) is 0.272. The predicted octanol–water partition coefficient (Wildman–Crippen LogP) is 4.01. The van der Waals surface area contributed by atoms with Crippen molar-refractivity contribution in [2.24, 2.45) is 0 Å². The van der Waals surface area contributed by atoms with Crippen LogP contribution in [0.2, 0.25) is 0 Å². The summed E-state index contributed by atoms with van der Waals surface area (Å²) in [5.41, 5.74) is 0.657. The fourth-order valence-corrected chi connectivity index (χ4v) is 2.31. The van der Waals surface area contributed by atoms with E-state index in [9.17, 15) is 18.0 Å². The molecule has 0 saturated carbocycles. The van der Waals surface area contributed by atoms with Gasteiger partial charge in [0.25, 0.3) is 5.91 Å². The first-order chi connectivity index (χ1) is 11.8. The Bertz CT molecular complexity index is 736. The molecular formula is C19H20F3NO2. The summed E-state index contributed by atoms with van der Waals surface area (Å²) in [5, 5.41) is 2.79. The van der Waals surface area contributed by atoms with Crippen molar-refractivity contribution in [3.05, 3.63) is 65.5 Å². The zero-order valence-corrected chi connectivity index (χ0v) is 14.1. The summed E-state index contributed by atoms with van der Waals surface area (Å²) in [7, 11) is 0. The lowest BCUT2D eigenvalue weighted by molar-refractivity contribution is -0.127. The van der Waals surface area contributed by atoms with E-state index in [4.69, 9.17) is 4.74 Å². The van der Waals surface area contributed by atoms with E-state index >= 15 is 0 Å². The topological polar surface area (TPSA) is 38.3 Å². The summed E-state index contributed by atoms with van der Waals surface area (Å²) >= 11 is 0. The Balaban J connectivity index is 1.81. The van der Waals surface area contributed by atoms with Crippen LogP contribution in [-0.4, -0.2) is 18.1 Å². The van der Waals surface area contributed by atoms with Gasteiger partial charge in [-0.15, -0.1) is 0 Å². The first-order valence-electron chi connectivity index (χ1n) is 8.01. The number of carbonyl (C=O) groups excluding carboxylic acids is 1. The standard InChI is InChI=1S/C19H20F3NO2/c1-12(6-7-14-8-9-17(21)18(22)10-14)23-19(24)13(2)25-16-5-3-4-15(20)11-16/h3-5,8-13H,6-7H2,1-2H3,(H,23,24). The molecule has 0 radical (unpaired) electrons. The zero-order chi connectivity index (χ0) is 18.4. The number of carbonyl (C=O) groups is 1. The maximum Gasteiger partial charge on any atom is 0.260 e. The molecule has 0 spiro atoms. The smallest absolute Gasteiger partial charge is 0.260 e. The molecule has 6 heteroatoms. The molecule has 1 amide bonds. The zero-order valence-electron chi connectivity index (χ0n) is 14.1. The molecule has 0 aliphatic carbocycles. The van der Waals surface area contributed by atoms with Gasteiger partial charge in [0.1, 0.15) is 11.6 Å². The van der Waals surface area contributed by atoms with Gasteiger partial charge in [-0.05, 0) is 56.5 Å². The second-order valence-electron chi connectivity index (χ2n) is 5.91. The van der Waals surface area contributed by atoms with Gasteiger partial charge in [0, 0.05) is 12.1 Å². The molecule has 2 aromatic carbocycles. The van der Waals surface area contributed by atoms with Crippen LogP contribution in [0, 0.1) is 17.5 Å². The lowest BCUT2D eigenvalue weighted by Crippen LogP contribution is -2.41. The number of amides is 1. The van der Waals surface area contributed by atoms with Crippen molar-refractivity contribution < 1.29 is 22.7 Å². The molecule has 3 nitrogen and oxygen atoms in total. The molecule has 2 rings (SSSR count). The van der Waals surface area contributed by atoms with Crippen molar-refractivity contribution in [1.82, 2.24) is 5.32 Å². The Hall–Kier alpha value is -2.50. The summed E-state index contributed by atoms with van der Waals surface area (Å²) in [6, 6.07) is 9.14. The minimum absolute atomic E-state index is 0.181. The minimum atomic E-state index is -0.883. The van der Waals surface area contributed by atoms with Gasteiger partial charge in [-0.1, -0.05) is 12.1 Å². The lowest BCUT2D eigenvalue weighted by Gasteiger charge is -2.19. The molecule has 2 atom stereocenters. The van der Waals surface area contributed by atoms with Crippen molar-refractivity contribution in [1.29, 1.82) is 0 Å². The van der Waals surface area contributed by atoms with E-state index in [1.807, 2.05) is 6.92 Å². The lowest BCUT2D eigenvalue weighted by atomic mass is 10.1. The number of halogens is 3. The van der Waals surface area contributed by atoms with Gasteiger partial charge < -0.3 is 10.1 Å². The Kier molecular flexibility index (Phi) is 6.44. The van der Waals surface area contributed by atoms with Gasteiger partial charge in [0.2, 0.25) is 0 Å². The largest absolute Gasteiger partial charge is 0.481 e. The van der Waals surface area contributed by atoms with Crippen LogP contribution < -0.4 is 10.1 Å². The third-order valence-electron chi connectivity index (χ3n) is 3.72. The van der Waals surface area contributed by atoms with E-state index < -0.39 is 23.6 Å². The summed E-state index contributed by atoms with van der Waals surface area (Å²) < 4.78 is 44.6. The van der Waals surface area contributed by atoms with Gasteiger partial charge in [-0.3, -0.25) is 4.79 Å². The Labute approximate surface area is 144 Å². The highest BCUT2D eigenvalue weighted by Crippen LogP contribution is 2.14. The van der Waals surface area contributed by atoms with Crippen LogP contribution in [0.4, 0.5) is 13.2 Å². The highest BCUT2D eigenvalue weighted by Gasteiger charge is 2.17. The Morgan fingerprint density at radius 1 is 1.08 bits per heavy atom. The van der Waals surface area contributed by atoms with Crippen LogP contribution in [0.5, 0.6) is 5.75 Å². The van der Waals surface area contributed by atoms with Gasteiger partial charge in [-0.2, -0.15) is 0 Å². The van der Waals surface area contributed by atoms with Crippen LogP contribution in [-0.2, 0) is 11.2 Å². The van der Waals surface area contributed by atoms with E-state index in [0.29, 0.717) is 18.4 Å². The Morgan fingerprint density at radius 3 is 2.52 bits per heavy atom. The Morgan fingerprint density at radius 2 is 1.84 bits per heavy atom. The molecule has 0 heterocycles. The molecule has 134 valence electrons. The van der Waals surface area contributed by atoms with Crippen molar-refractivity contribution in [2.45, 2.75) is 38.8 Å². The second-order valence-corrected chi connectivity index (χ2v) is 5.91. The summed E-state index contributed by atoms with van der Waals surface area (Å²) in [4.78, 5) is 12.1. The molecule has 0 aliphatic rings. The quantitative estimate of drug-likeness (QED) is 0.819. The maximum atomic E-state index is 13.2.